The number of sulfonamides is 1. The SMILES string of the molecule is CN(C)c1ccc(/C=c2\s/c(=C\C(=O)C(C)(C)C)n(CC(=O)Nc3cccc(S(=O)(=O)N4CCCC4)c3)c2=O)cc1. The van der Waals surface area contributed by atoms with Gasteiger partial charge in [-0.2, -0.15) is 4.31 Å². The van der Waals surface area contributed by atoms with Gasteiger partial charge in [-0.15, -0.1) is 11.3 Å². The van der Waals surface area contributed by atoms with Crippen LogP contribution in [-0.2, 0) is 26.2 Å². The van der Waals surface area contributed by atoms with Crippen LogP contribution in [0.5, 0.6) is 0 Å². The summed E-state index contributed by atoms with van der Waals surface area (Å²) in [6, 6.07) is 13.8. The number of nitrogens with zero attached hydrogens (tertiary/aromatic N) is 3. The summed E-state index contributed by atoms with van der Waals surface area (Å²) < 4.78 is 29.4. The highest BCUT2D eigenvalue weighted by Crippen LogP contribution is 2.23. The van der Waals surface area contributed by atoms with Crippen molar-refractivity contribution in [2.45, 2.75) is 45.1 Å². The fraction of sp³-hybridized carbons (Fsp3) is 0.367. The van der Waals surface area contributed by atoms with Crippen LogP contribution >= 0.6 is 11.3 Å². The molecule has 1 aliphatic rings. The molecule has 1 aliphatic heterocycles. The molecule has 218 valence electrons. The van der Waals surface area contributed by atoms with Gasteiger partial charge in [0.15, 0.2) is 5.78 Å². The molecule has 3 aromatic rings. The molecule has 2 heterocycles. The minimum absolute atomic E-state index is 0.104. The quantitative estimate of drug-likeness (QED) is 0.428. The molecule has 9 nitrogen and oxygen atoms in total. The molecule has 2 aromatic carbocycles. The first-order chi connectivity index (χ1) is 19.3. The van der Waals surface area contributed by atoms with Crippen molar-refractivity contribution in [1.29, 1.82) is 0 Å². The third kappa shape index (κ3) is 7.22. The topological polar surface area (TPSA) is 109 Å². The maximum atomic E-state index is 13.5. The number of nitrogens with one attached hydrogen (secondary N) is 1. The van der Waals surface area contributed by atoms with Crippen LogP contribution in [0.1, 0.15) is 39.2 Å². The average Bonchev–Trinajstić information content (AvgIpc) is 3.55. The molecule has 4 rings (SSSR count). The molecule has 1 aromatic heterocycles. The highest BCUT2D eigenvalue weighted by molar-refractivity contribution is 7.89. The van der Waals surface area contributed by atoms with Crippen molar-refractivity contribution in [3.63, 3.8) is 0 Å². The van der Waals surface area contributed by atoms with Gasteiger partial charge in [0.1, 0.15) is 11.2 Å². The highest BCUT2D eigenvalue weighted by Gasteiger charge is 2.27. The molecular formula is C30H36N4O5S2. The third-order valence-electron chi connectivity index (χ3n) is 6.76. The number of carbonyl (C=O) groups excluding carboxylic acids is 2. The van der Waals surface area contributed by atoms with E-state index < -0.39 is 21.3 Å². The van der Waals surface area contributed by atoms with Crippen LogP contribution in [0.2, 0.25) is 0 Å². The van der Waals surface area contributed by atoms with Crippen LogP contribution in [0.25, 0.3) is 12.2 Å². The van der Waals surface area contributed by atoms with E-state index in [0.29, 0.717) is 28.0 Å². The van der Waals surface area contributed by atoms with Crippen LogP contribution in [0.4, 0.5) is 11.4 Å². The Morgan fingerprint density at radius 3 is 2.32 bits per heavy atom. The van der Waals surface area contributed by atoms with E-state index in [0.717, 1.165) is 35.4 Å². The number of carbonyl (C=O) groups is 2. The van der Waals surface area contributed by atoms with Gasteiger partial charge in [-0.1, -0.05) is 39.0 Å². The van der Waals surface area contributed by atoms with Crippen molar-refractivity contribution in [2.24, 2.45) is 5.41 Å². The van der Waals surface area contributed by atoms with Crippen molar-refractivity contribution in [1.82, 2.24) is 8.87 Å². The Morgan fingerprint density at radius 1 is 1.05 bits per heavy atom. The second-order valence-electron chi connectivity index (χ2n) is 11.3. The molecule has 0 unspecified atom stereocenters. The van der Waals surface area contributed by atoms with Gasteiger partial charge >= 0.3 is 0 Å². The summed E-state index contributed by atoms with van der Waals surface area (Å²) in [6.07, 6.45) is 4.80. The van der Waals surface area contributed by atoms with E-state index >= 15 is 0 Å². The first-order valence-corrected chi connectivity index (χ1v) is 15.7. The number of rotatable bonds is 8. The summed E-state index contributed by atoms with van der Waals surface area (Å²) in [6.45, 7) is 5.98. The summed E-state index contributed by atoms with van der Waals surface area (Å²) in [7, 11) is 0.235. The number of hydrogen-bond acceptors (Lipinski definition) is 7. The lowest BCUT2D eigenvalue weighted by Gasteiger charge is -2.16. The van der Waals surface area contributed by atoms with E-state index in [4.69, 9.17) is 0 Å². The fourth-order valence-corrected chi connectivity index (χ4v) is 6.90. The van der Waals surface area contributed by atoms with Crippen LogP contribution in [0.3, 0.4) is 0 Å². The number of benzene rings is 2. The molecule has 1 saturated heterocycles. The predicted molar refractivity (Wildman–Crippen MR) is 164 cm³/mol. The monoisotopic (exact) mass is 596 g/mol. The van der Waals surface area contributed by atoms with Gasteiger partial charge in [0.2, 0.25) is 15.9 Å². The van der Waals surface area contributed by atoms with Crippen molar-refractivity contribution >= 4 is 56.6 Å². The number of ketones is 1. The molecule has 41 heavy (non-hydrogen) atoms. The Hall–Kier alpha value is -3.54. The smallest absolute Gasteiger partial charge is 0.269 e. The lowest BCUT2D eigenvalue weighted by atomic mass is 9.91. The van der Waals surface area contributed by atoms with Crippen LogP contribution < -0.4 is 25.0 Å². The lowest BCUT2D eigenvalue weighted by molar-refractivity contribution is -0.120. The molecule has 0 saturated carbocycles. The Bertz CT molecular complexity index is 1720. The molecule has 1 fully saturated rings. The molecular weight excluding hydrogens is 560 g/mol. The van der Waals surface area contributed by atoms with Crippen molar-refractivity contribution in [2.75, 3.05) is 37.4 Å². The predicted octanol–water partition coefficient (Wildman–Crippen LogP) is 2.62. The first kappa shape index (κ1) is 30.4. The Labute approximate surface area is 244 Å². The first-order valence-electron chi connectivity index (χ1n) is 13.4. The minimum Gasteiger partial charge on any atom is -0.378 e. The van der Waals surface area contributed by atoms with Crippen molar-refractivity contribution in [3.8, 4) is 0 Å². The average molecular weight is 597 g/mol. The van der Waals surface area contributed by atoms with Gasteiger partial charge in [-0.05, 0) is 54.8 Å². The summed E-state index contributed by atoms with van der Waals surface area (Å²) in [5, 5.41) is 2.72. The normalized spacial score (nSPS) is 15.3. The van der Waals surface area contributed by atoms with Gasteiger partial charge < -0.3 is 10.2 Å². The fourth-order valence-electron chi connectivity index (χ4n) is 4.30. The van der Waals surface area contributed by atoms with Gasteiger partial charge in [-0.25, -0.2) is 8.42 Å². The van der Waals surface area contributed by atoms with E-state index in [9.17, 15) is 22.8 Å². The molecule has 0 bridgehead atoms. The zero-order valence-corrected chi connectivity index (χ0v) is 25.6. The molecule has 1 N–H and O–H groups in total. The lowest BCUT2D eigenvalue weighted by Crippen LogP contribution is -2.36. The molecule has 1 amide bonds. The number of aromatic nitrogens is 1. The summed E-state index contributed by atoms with van der Waals surface area (Å²) in [5.74, 6) is -0.685. The number of amides is 1. The van der Waals surface area contributed by atoms with E-state index in [-0.39, 0.29) is 22.8 Å². The molecule has 0 spiro atoms. The van der Waals surface area contributed by atoms with Gasteiger partial charge in [0, 0.05) is 50.1 Å². The Morgan fingerprint density at radius 2 is 1.71 bits per heavy atom. The van der Waals surface area contributed by atoms with Crippen LogP contribution in [-0.4, -0.2) is 56.2 Å². The van der Waals surface area contributed by atoms with Crippen molar-refractivity contribution in [3.05, 3.63) is 73.6 Å². The third-order valence-corrected chi connectivity index (χ3v) is 9.71. The maximum absolute atomic E-state index is 13.5. The molecule has 0 aliphatic carbocycles. The number of anilines is 2. The second kappa shape index (κ2) is 12.1. The van der Waals surface area contributed by atoms with Crippen LogP contribution in [0, 0.1) is 5.41 Å². The number of hydrogen-bond donors (Lipinski definition) is 1. The number of thiazole rings is 1. The van der Waals surface area contributed by atoms with Crippen LogP contribution in [0.15, 0.2) is 58.2 Å². The largest absolute Gasteiger partial charge is 0.378 e. The minimum atomic E-state index is -3.65. The van der Waals surface area contributed by atoms with E-state index in [2.05, 4.69) is 5.32 Å². The zero-order valence-electron chi connectivity index (χ0n) is 24.0. The maximum Gasteiger partial charge on any atom is 0.269 e. The van der Waals surface area contributed by atoms with Gasteiger partial charge in [0.25, 0.3) is 5.56 Å². The Balaban J connectivity index is 1.66. The van der Waals surface area contributed by atoms with E-state index in [1.165, 1.54) is 27.1 Å². The molecule has 0 radical (unpaired) electrons. The molecule has 11 heteroatoms. The van der Waals surface area contributed by atoms with Gasteiger partial charge in [0.05, 0.1) is 9.43 Å². The second-order valence-corrected chi connectivity index (χ2v) is 14.3. The summed E-state index contributed by atoms with van der Waals surface area (Å²) >= 11 is 1.15. The molecule has 0 atom stereocenters. The summed E-state index contributed by atoms with van der Waals surface area (Å²) in [4.78, 5) is 41.5. The van der Waals surface area contributed by atoms with E-state index in [1.807, 2.05) is 43.3 Å². The Kier molecular flexibility index (Phi) is 9.00. The van der Waals surface area contributed by atoms with Gasteiger partial charge in [-0.3, -0.25) is 19.0 Å². The standard InChI is InChI=1S/C30H36N4O5S2/c1-30(2,3)26(35)19-28-34(29(37)25(40-28)17-21-11-13-23(14-12-21)32(4)5)20-27(36)31-22-9-8-10-24(18-22)41(38,39)33-15-6-7-16-33/h8-14,17-19H,6-7,15-16,20H2,1-5H3,(H,31,36)/b25-17-,28-19-. The van der Waals surface area contributed by atoms with Crippen molar-refractivity contribution < 1.29 is 18.0 Å². The highest BCUT2D eigenvalue weighted by atomic mass is 32.2. The summed E-state index contributed by atoms with van der Waals surface area (Å²) in [5.41, 5.74) is 1.09. The zero-order chi connectivity index (χ0) is 29.9. The number of Topliss-reactive ketones (excluding diaryl/α,β-unsaturated/α-hetero) is 1. The van der Waals surface area contributed by atoms with E-state index in [1.54, 1.807) is 39.0 Å².